The standard InChI is InChI=1S/C8H6BNO/c1-11-7-2-3-8(9)6(4-7)5-10/h2-4H,1H3. The van der Waals surface area contributed by atoms with Crippen LogP contribution in [0.5, 0.6) is 5.75 Å². The fraction of sp³-hybridized carbons (Fsp3) is 0.125. The van der Waals surface area contributed by atoms with E-state index in [-0.39, 0.29) is 0 Å². The highest BCUT2D eigenvalue weighted by molar-refractivity contribution is 6.33. The summed E-state index contributed by atoms with van der Waals surface area (Å²) in [5.74, 6) is 0.649. The molecule has 2 nitrogen and oxygen atoms in total. The molecule has 0 heterocycles. The smallest absolute Gasteiger partial charge is 0.120 e. The Morgan fingerprint density at radius 3 is 2.82 bits per heavy atom. The topological polar surface area (TPSA) is 33.0 Å². The van der Waals surface area contributed by atoms with Gasteiger partial charge in [0.05, 0.1) is 13.2 Å². The van der Waals surface area contributed by atoms with Crippen molar-refractivity contribution in [3.63, 3.8) is 0 Å². The van der Waals surface area contributed by atoms with Crippen LogP contribution in [-0.4, -0.2) is 15.0 Å². The van der Waals surface area contributed by atoms with Crippen LogP contribution >= 0.6 is 0 Å². The first-order chi connectivity index (χ1) is 5.27. The zero-order valence-electron chi connectivity index (χ0n) is 6.16. The molecular weight excluding hydrogens is 137 g/mol. The largest absolute Gasteiger partial charge is 0.497 e. The van der Waals surface area contributed by atoms with E-state index in [4.69, 9.17) is 17.8 Å². The van der Waals surface area contributed by atoms with Crippen LogP contribution in [0.3, 0.4) is 0 Å². The predicted molar refractivity (Wildman–Crippen MR) is 43.1 cm³/mol. The first-order valence-corrected chi connectivity index (χ1v) is 3.11. The van der Waals surface area contributed by atoms with Crippen molar-refractivity contribution in [3.05, 3.63) is 23.8 Å². The minimum Gasteiger partial charge on any atom is -0.497 e. The summed E-state index contributed by atoms with van der Waals surface area (Å²) in [7, 11) is 7.02. The predicted octanol–water partition coefficient (Wildman–Crippen LogP) is 0.361. The maximum atomic E-state index is 8.55. The van der Waals surface area contributed by atoms with Gasteiger partial charge in [-0.2, -0.15) is 5.26 Å². The van der Waals surface area contributed by atoms with E-state index in [1.165, 1.54) is 0 Å². The van der Waals surface area contributed by atoms with Crippen molar-refractivity contribution < 1.29 is 4.74 Å². The molecular formula is C8H6BNO. The van der Waals surface area contributed by atoms with Crippen molar-refractivity contribution >= 4 is 13.3 Å². The molecule has 0 aliphatic carbocycles. The maximum Gasteiger partial charge on any atom is 0.120 e. The Labute approximate surface area is 66.8 Å². The molecule has 0 fully saturated rings. The summed E-state index contributed by atoms with van der Waals surface area (Å²) in [5.41, 5.74) is 0.928. The monoisotopic (exact) mass is 143 g/mol. The van der Waals surface area contributed by atoms with Crippen molar-refractivity contribution in [3.8, 4) is 11.8 Å². The lowest BCUT2D eigenvalue weighted by atomic mass is 9.91. The van der Waals surface area contributed by atoms with Crippen LogP contribution in [0.15, 0.2) is 18.2 Å². The number of nitrogens with zero attached hydrogens (tertiary/aromatic N) is 1. The van der Waals surface area contributed by atoms with Crippen molar-refractivity contribution in [2.45, 2.75) is 0 Å². The van der Waals surface area contributed by atoms with Gasteiger partial charge >= 0.3 is 0 Å². The minimum absolute atomic E-state index is 0.448. The number of nitriles is 1. The van der Waals surface area contributed by atoms with Gasteiger partial charge in [-0.15, -0.1) is 0 Å². The summed E-state index contributed by atoms with van der Waals surface area (Å²) in [6, 6.07) is 6.94. The van der Waals surface area contributed by atoms with E-state index < -0.39 is 0 Å². The molecule has 2 radical (unpaired) electrons. The van der Waals surface area contributed by atoms with Crippen LogP contribution in [0, 0.1) is 11.3 Å². The summed E-state index contributed by atoms with van der Waals surface area (Å²) in [6.45, 7) is 0. The molecule has 1 aromatic rings. The summed E-state index contributed by atoms with van der Waals surface area (Å²) >= 11 is 0. The van der Waals surface area contributed by atoms with Gasteiger partial charge in [0.15, 0.2) is 0 Å². The lowest BCUT2D eigenvalue weighted by Gasteiger charge is -2.01. The third-order valence-corrected chi connectivity index (χ3v) is 1.38. The summed E-state index contributed by atoms with van der Waals surface area (Å²) in [4.78, 5) is 0. The fourth-order valence-corrected chi connectivity index (χ4v) is 0.759. The summed E-state index contributed by atoms with van der Waals surface area (Å²) in [6.07, 6.45) is 0. The molecule has 0 atom stereocenters. The summed E-state index contributed by atoms with van der Waals surface area (Å²) in [5, 5.41) is 8.55. The molecule has 1 rings (SSSR count). The maximum absolute atomic E-state index is 8.55. The zero-order valence-corrected chi connectivity index (χ0v) is 6.16. The Kier molecular flexibility index (Phi) is 2.17. The molecule has 0 bridgehead atoms. The number of hydrogen-bond acceptors (Lipinski definition) is 2. The van der Waals surface area contributed by atoms with Gasteiger partial charge in [-0.1, -0.05) is 11.5 Å². The average Bonchev–Trinajstić information content (AvgIpc) is 2.05. The summed E-state index contributed by atoms with van der Waals surface area (Å²) < 4.78 is 4.90. The second kappa shape index (κ2) is 3.11. The quantitative estimate of drug-likeness (QED) is 0.531. The van der Waals surface area contributed by atoms with E-state index in [1.807, 2.05) is 6.07 Å². The van der Waals surface area contributed by atoms with Crippen LogP contribution in [0.2, 0.25) is 0 Å². The minimum atomic E-state index is 0.448. The molecule has 0 N–H and O–H groups in total. The molecule has 0 saturated carbocycles. The number of hydrogen-bond donors (Lipinski definition) is 0. The lowest BCUT2D eigenvalue weighted by Crippen LogP contribution is -2.06. The van der Waals surface area contributed by atoms with Gasteiger partial charge in [0.25, 0.3) is 0 Å². The highest BCUT2D eigenvalue weighted by Gasteiger charge is 1.97. The molecule has 11 heavy (non-hydrogen) atoms. The van der Waals surface area contributed by atoms with Crippen molar-refractivity contribution in [2.24, 2.45) is 0 Å². The van der Waals surface area contributed by atoms with Gasteiger partial charge in [0.2, 0.25) is 0 Å². The highest BCUT2D eigenvalue weighted by atomic mass is 16.5. The number of methoxy groups -OCH3 is 1. The third-order valence-electron chi connectivity index (χ3n) is 1.38. The molecule has 0 unspecified atom stereocenters. The lowest BCUT2D eigenvalue weighted by molar-refractivity contribution is 0.415. The number of rotatable bonds is 1. The van der Waals surface area contributed by atoms with Crippen molar-refractivity contribution in [2.75, 3.05) is 7.11 Å². The number of ether oxygens (including phenoxy) is 1. The Hall–Kier alpha value is -1.43. The Bertz CT molecular complexity index is 303. The SMILES string of the molecule is [B]c1ccc(OC)cc1C#N. The molecule has 1 aromatic carbocycles. The van der Waals surface area contributed by atoms with E-state index in [9.17, 15) is 0 Å². The third kappa shape index (κ3) is 1.53. The highest BCUT2D eigenvalue weighted by Crippen LogP contribution is 2.08. The Balaban J connectivity index is 3.15. The molecule has 0 spiro atoms. The van der Waals surface area contributed by atoms with Crippen LogP contribution in [0.25, 0.3) is 0 Å². The first-order valence-electron chi connectivity index (χ1n) is 3.11. The Morgan fingerprint density at radius 1 is 1.55 bits per heavy atom. The Morgan fingerprint density at radius 2 is 2.27 bits per heavy atom. The van der Waals surface area contributed by atoms with Gasteiger partial charge in [-0.3, -0.25) is 0 Å². The van der Waals surface area contributed by atoms with E-state index in [1.54, 1.807) is 25.3 Å². The van der Waals surface area contributed by atoms with Gasteiger partial charge in [-0.05, 0) is 12.1 Å². The zero-order chi connectivity index (χ0) is 8.27. The first kappa shape index (κ1) is 7.68. The average molecular weight is 143 g/mol. The van der Waals surface area contributed by atoms with E-state index >= 15 is 0 Å². The fourth-order valence-electron chi connectivity index (χ4n) is 0.759. The molecule has 0 aliphatic heterocycles. The van der Waals surface area contributed by atoms with E-state index in [2.05, 4.69) is 0 Å². The second-order valence-electron chi connectivity index (χ2n) is 2.06. The number of benzene rings is 1. The molecule has 0 saturated heterocycles. The van der Waals surface area contributed by atoms with Crippen LogP contribution in [0.1, 0.15) is 5.56 Å². The molecule has 0 aliphatic rings. The van der Waals surface area contributed by atoms with Gasteiger partial charge < -0.3 is 4.74 Å². The molecule has 52 valence electrons. The van der Waals surface area contributed by atoms with Crippen molar-refractivity contribution in [1.29, 1.82) is 5.26 Å². The van der Waals surface area contributed by atoms with Crippen molar-refractivity contribution in [1.82, 2.24) is 0 Å². The van der Waals surface area contributed by atoms with E-state index in [0.29, 0.717) is 16.8 Å². The molecule has 3 heteroatoms. The second-order valence-corrected chi connectivity index (χ2v) is 2.06. The normalized spacial score (nSPS) is 8.73. The van der Waals surface area contributed by atoms with Crippen LogP contribution in [0.4, 0.5) is 0 Å². The van der Waals surface area contributed by atoms with Crippen LogP contribution in [-0.2, 0) is 0 Å². The van der Waals surface area contributed by atoms with Gasteiger partial charge in [-0.25, -0.2) is 0 Å². The van der Waals surface area contributed by atoms with Gasteiger partial charge in [0, 0.05) is 5.56 Å². The molecule has 0 amide bonds. The van der Waals surface area contributed by atoms with E-state index in [0.717, 1.165) is 0 Å². The van der Waals surface area contributed by atoms with Crippen LogP contribution < -0.4 is 10.2 Å². The molecule has 0 aromatic heterocycles. The van der Waals surface area contributed by atoms with Gasteiger partial charge in [0.1, 0.15) is 13.6 Å².